The molecule has 0 bridgehead atoms. The fourth-order valence-electron chi connectivity index (χ4n) is 4.26. The number of carbonyl (C=O) groups excluding carboxylic acids is 1. The number of piperazine rings is 1. The molecule has 0 aromatic heterocycles. The monoisotopic (exact) mass is 442 g/mol. The topological polar surface area (TPSA) is 108 Å². The molecular weight excluding hydrogens is 412 g/mol. The maximum atomic E-state index is 12.0. The standard InChI is InChI=1S/C23H30N4O5/c1-4-26-16(2)14-25(15-17(26)3)20-7-5-6-19(13-20)24-21-9-8-18(12-22(21)27(30)31)23(29)32-11-10-28/h5-9,12-13,16-17,24,28H,4,10-11,14-15H2,1-3H3. The van der Waals surface area contributed by atoms with Crippen LogP contribution in [0.25, 0.3) is 0 Å². The van der Waals surface area contributed by atoms with E-state index in [1.54, 1.807) is 0 Å². The summed E-state index contributed by atoms with van der Waals surface area (Å²) in [5.41, 5.74) is 1.88. The van der Waals surface area contributed by atoms with Gasteiger partial charge in [-0.05, 0) is 50.7 Å². The Bertz CT molecular complexity index is 955. The van der Waals surface area contributed by atoms with E-state index in [-0.39, 0.29) is 30.2 Å². The molecule has 1 heterocycles. The third-order valence-corrected chi connectivity index (χ3v) is 5.71. The van der Waals surface area contributed by atoms with Crippen LogP contribution in [0, 0.1) is 10.1 Å². The highest BCUT2D eigenvalue weighted by atomic mass is 16.6. The average Bonchev–Trinajstić information content (AvgIpc) is 2.77. The predicted octanol–water partition coefficient (Wildman–Crippen LogP) is 3.41. The summed E-state index contributed by atoms with van der Waals surface area (Å²) in [6.45, 7) is 9.00. The molecule has 1 aliphatic heterocycles. The molecule has 9 nitrogen and oxygen atoms in total. The summed E-state index contributed by atoms with van der Waals surface area (Å²) in [6, 6.07) is 12.8. The Morgan fingerprint density at radius 1 is 1.22 bits per heavy atom. The van der Waals surface area contributed by atoms with Crippen LogP contribution in [0.1, 0.15) is 31.1 Å². The van der Waals surface area contributed by atoms with Gasteiger partial charge >= 0.3 is 5.97 Å². The molecule has 2 unspecified atom stereocenters. The first kappa shape index (κ1) is 23.5. The molecule has 1 fully saturated rings. The number of benzene rings is 2. The molecule has 1 saturated heterocycles. The second-order valence-electron chi connectivity index (χ2n) is 7.96. The minimum absolute atomic E-state index is 0.0567. The van der Waals surface area contributed by atoms with Crippen LogP contribution in [-0.2, 0) is 4.74 Å². The van der Waals surface area contributed by atoms with Crippen LogP contribution in [0.15, 0.2) is 42.5 Å². The van der Waals surface area contributed by atoms with Crippen LogP contribution in [-0.4, -0.2) is 65.8 Å². The van der Waals surface area contributed by atoms with Crippen LogP contribution in [0.4, 0.5) is 22.7 Å². The number of aliphatic hydroxyl groups is 1. The number of rotatable bonds is 8. The van der Waals surface area contributed by atoms with E-state index >= 15 is 0 Å². The van der Waals surface area contributed by atoms with Crippen LogP contribution in [0.5, 0.6) is 0 Å². The zero-order valence-electron chi connectivity index (χ0n) is 18.7. The molecule has 1 aliphatic rings. The van der Waals surface area contributed by atoms with Crippen molar-refractivity contribution in [3.05, 3.63) is 58.1 Å². The number of nitrogens with one attached hydrogen (secondary N) is 1. The van der Waals surface area contributed by atoms with Gasteiger partial charge in [-0.25, -0.2) is 4.79 Å². The summed E-state index contributed by atoms with van der Waals surface area (Å²) >= 11 is 0. The van der Waals surface area contributed by atoms with Gasteiger partial charge in [0.15, 0.2) is 0 Å². The molecule has 2 N–H and O–H groups in total. The van der Waals surface area contributed by atoms with E-state index in [9.17, 15) is 14.9 Å². The Balaban J connectivity index is 1.80. The van der Waals surface area contributed by atoms with Crippen molar-refractivity contribution >= 4 is 28.7 Å². The average molecular weight is 443 g/mol. The molecular formula is C23H30N4O5. The molecule has 172 valence electrons. The fraction of sp³-hybridized carbons (Fsp3) is 0.435. The van der Waals surface area contributed by atoms with E-state index in [1.807, 2.05) is 24.3 Å². The van der Waals surface area contributed by atoms with Gasteiger partial charge in [-0.3, -0.25) is 15.0 Å². The lowest BCUT2D eigenvalue weighted by molar-refractivity contribution is -0.383. The normalized spacial score (nSPS) is 18.9. The number of nitro benzene ring substituents is 1. The quantitative estimate of drug-likeness (QED) is 0.364. The van der Waals surface area contributed by atoms with Crippen molar-refractivity contribution in [2.45, 2.75) is 32.9 Å². The molecule has 2 aromatic rings. The van der Waals surface area contributed by atoms with E-state index < -0.39 is 10.9 Å². The van der Waals surface area contributed by atoms with Crippen molar-refractivity contribution < 1.29 is 19.6 Å². The Kier molecular flexibility index (Phi) is 7.66. The van der Waals surface area contributed by atoms with E-state index in [2.05, 4.69) is 35.9 Å². The largest absolute Gasteiger partial charge is 0.460 e. The van der Waals surface area contributed by atoms with Crippen molar-refractivity contribution in [2.75, 3.05) is 43.1 Å². The smallest absolute Gasteiger partial charge is 0.338 e. The lowest BCUT2D eigenvalue weighted by Gasteiger charge is -2.45. The third kappa shape index (κ3) is 5.35. The number of nitro groups is 1. The molecule has 3 rings (SSSR count). The Morgan fingerprint density at radius 2 is 1.94 bits per heavy atom. The van der Waals surface area contributed by atoms with E-state index in [4.69, 9.17) is 9.84 Å². The molecule has 2 atom stereocenters. The molecule has 0 spiro atoms. The first-order valence-electron chi connectivity index (χ1n) is 10.8. The molecule has 32 heavy (non-hydrogen) atoms. The Labute approximate surface area is 187 Å². The number of esters is 1. The predicted molar refractivity (Wildman–Crippen MR) is 124 cm³/mol. The molecule has 0 radical (unpaired) electrons. The number of ether oxygens (including phenoxy) is 1. The molecule has 9 heteroatoms. The van der Waals surface area contributed by atoms with Gasteiger partial charge in [0.2, 0.25) is 0 Å². The minimum atomic E-state index is -0.717. The van der Waals surface area contributed by atoms with Gasteiger partial charge in [0, 0.05) is 42.6 Å². The van der Waals surface area contributed by atoms with Crippen molar-refractivity contribution in [1.82, 2.24) is 4.90 Å². The van der Waals surface area contributed by atoms with Gasteiger partial charge in [-0.15, -0.1) is 0 Å². The van der Waals surface area contributed by atoms with Crippen molar-refractivity contribution in [3.8, 4) is 0 Å². The number of likely N-dealkylation sites (N-methyl/N-ethyl adjacent to an activating group) is 1. The van der Waals surface area contributed by atoms with Crippen LogP contribution >= 0.6 is 0 Å². The van der Waals surface area contributed by atoms with Gasteiger partial charge in [0.1, 0.15) is 12.3 Å². The van der Waals surface area contributed by atoms with Crippen LogP contribution in [0.2, 0.25) is 0 Å². The first-order chi connectivity index (χ1) is 15.3. The van der Waals surface area contributed by atoms with E-state index in [0.717, 1.165) is 31.0 Å². The van der Waals surface area contributed by atoms with Gasteiger partial charge in [-0.2, -0.15) is 0 Å². The SMILES string of the molecule is CCN1C(C)CN(c2cccc(Nc3ccc(C(=O)OCCO)cc3[N+](=O)[O-])c2)CC1C. The second-order valence-corrected chi connectivity index (χ2v) is 7.96. The molecule has 0 aliphatic carbocycles. The zero-order chi connectivity index (χ0) is 23.3. The highest BCUT2D eigenvalue weighted by Gasteiger charge is 2.28. The zero-order valence-corrected chi connectivity index (χ0v) is 18.7. The lowest BCUT2D eigenvalue weighted by Crippen LogP contribution is -2.56. The van der Waals surface area contributed by atoms with Crippen LogP contribution in [0.3, 0.4) is 0 Å². The fourth-order valence-corrected chi connectivity index (χ4v) is 4.26. The van der Waals surface area contributed by atoms with Crippen LogP contribution < -0.4 is 10.2 Å². The van der Waals surface area contributed by atoms with Gasteiger partial charge in [-0.1, -0.05) is 13.0 Å². The minimum Gasteiger partial charge on any atom is -0.460 e. The third-order valence-electron chi connectivity index (χ3n) is 5.71. The molecule has 0 amide bonds. The highest BCUT2D eigenvalue weighted by molar-refractivity contribution is 5.91. The summed E-state index contributed by atoms with van der Waals surface area (Å²) in [5, 5.41) is 23.5. The number of aliphatic hydroxyl groups excluding tert-OH is 1. The number of anilines is 3. The number of nitrogens with zero attached hydrogens (tertiary/aromatic N) is 3. The summed E-state index contributed by atoms with van der Waals surface area (Å²) in [4.78, 5) is 27.9. The second kappa shape index (κ2) is 10.4. The number of hydrogen-bond donors (Lipinski definition) is 2. The van der Waals surface area contributed by atoms with Gasteiger partial charge < -0.3 is 20.1 Å². The maximum absolute atomic E-state index is 12.0. The summed E-state index contributed by atoms with van der Waals surface area (Å²) in [5.74, 6) is -0.717. The maximum Gasteiger partial charge on any atom is 0.338 e. The molecule has 0 saturated carbocycles. The summed E-state index contributed by atoms with van der Waals surface area (Å²) in [6.07, 6.45) is 0. The lowest BCUT2D eigenvalue weighted by atomic mass is 10.1. The van der Waals surface area contributed by atoms with Gasteiger partial charge in [0.25, 0.3) is 5.69 Å². The van der Waals surface area contributed by atoms with E-state index in [0.29, 0.717) is 12.1 Å². The van der Waals surface area contributed by atoms with Crippen molar-refractivity contribution in [1.29, 1.82) is 0 Å². The summed E-state index contributed by atoms with van der Waals surface area (Å²) in [7, 11) is 0. The van der Waals surface area contributed by atoms with Gasteiger partial charge in [0.05, 0.1) is 17.1 Å². The summed E-state index contributed by atoms with van der Waals surface area (Å²) < 4.78 is 4.85. The highest BCUT2D eigenvalue weighted by Crippen LogP contribution is 2.31. The Hall–Kier alpha value is -3.17. The number of carbonyl (C=O) groups is 1. The van der Waals surface area contributed by atoms with Crippen molar-refractivity contribution in [3.63, 3.8) is 0 Å². The van der Waals surface area contributed by atoms with Crippen molar-refractivity contribution in [2.24, 2.45) is 0 Å². The Morgan fingerprint density at radius 3 is 2.56 bits per heavy atom. The number of hydrogen-bond acceptors (Lipinski definition) is 8. The first-order valence-corrected chi connectivity index (χ1v) is 10.8. The van der Waals surface area contributed by atoms with E-state index in [1.165, 1.54) is 18.2 Å². The molecule has 2 aromatic carbocycles.